The molecule has 2 atom stereocenters. The quantitative estimate of drug-likeness (QED) is 0.528. The van der Waals surface area contributed by atoms with E-state index in [2.05, 4.69) is 37.0 Å². The van der Waals surface area contributed by atoms with E-state index < -0.39 is 12.2 Å². The summed E-state index contributed by atoms with van der Waals surface area (Å²) in [5.74, 6) is 0.505. The zero-order valence-corrected chi connectivity index (χ0v) is 17.4. The normalized spacial score (nSPS) is 13.7. The van der Waals surface area contributed by atoms with Crippen LogP contribution in [0.15, 0.2) is 29.8 Å². The van der Waals surface area contributed by atoms with Gasteiger partial charge in [-0.2, -0.15) is 0 Å². The van der Waals surface area contributed by atoms with Crippen molar-refractivity contribution in [3.63, 3.8) is 0 Å². The molecule has 2 aromatic carbocycles. The summed E-state index contributed by atoms with van der Waals surface area (Å²) in [6, 6.07) is 6.20. The predicted molar refractivity (Wildman–Crippen MR) is 113 cm³/mol. The van der Waals surface area contributed by atoms with Gasteiger partial charge in [-0.15, -0.1) is 0 Å². The molecule has 3 rings (SSSR count). The van der Waals surface area contributed by atoms with Crippen molar-refractivity contribution >= 4 is 21.8 Å². The van der Waals surface area contributed by atoms with E-state index in [-0.39, 0.29) is 5.75 Å². The average molecular weight is 383 g/mol. The van der Waals surface area contributed by atoms with Gasteiger partial charge in [0.25, 0.3) is 0 Å². The maximum absolute atomic E-state index is 11.0. The SMILES string of the molecule is COc1c(C)c([C@@H](OC)[C@H](C)O)c2[nH]c3ccc(CC=C(C)C)cc3c2c1O. The maximum Gasteiger partial charge on any atom is 0.168 e. The van der Waals surface area contributed by atoms with Crippen molar-refractivity contribution in [2.45, 2.75) is 46.3 Å². The molecule has 5 nitrogen and oxygen atoms in total. The number of ether oxygens (including phenoxy) is 2. The van der Waals surface area contributed by atoms with Gasteiger partial charge in [-0.05, 0) is 51.8 Å². The summed E-state index contributed by atoms with van der Waals surface area (Å²) in [5, 5.41) is 22.9. The van der Waals surface area contributed by atoms with Gasteiger partial charge in [-0.3, -0.25) is 0 Å². The number of rotatable bonds is 6. The van der Waals surface area contributed by atoms with Crippen LogP contribution in [-0.4, -0.2) is 35.5 Å². The first-order valence-electron chi connectivity index (χ1n) is 9.48. The third-order valence-corrected chi connectivity index (χ3v) is 5.26. The van der Waals surface area contributed by atoms with E-state index in [0.29, 0.717) is 11.1 Å². The number of allylic oxidation sites excluding steroid dienone is 2. The number of aliphatic hydroxyl groups excluding tert-OH is 1. The molecule has 3 aromatic rings. The van der Waals surface area contributed by atoms with Gasteiger partial charge in [0.1, 0.15) is 6.10 Å². The maximum atomic E-state index is 11.0. The Morgan fingerprint density at radius 2 is 1.96 bits per heavy atom. The number of hydrogen-bond acceptors (Lipinski definition) is 4. The highest BCUT2D eigenvalue weighted by molar-refractivity contribution is 6.13. The molecule has 0 amide bonds. The zero-order valence-electron chi connectivity index (χ0n) is 17.4. The van der Waals surface area contributed by atoms with Crippen molar-refractivity contribution in [1.29, 1.82) is 0 Å². The number of methoxy groups -OCH3 is 2. The number of nitrogens with one attached hydrogen (secondary N) is 1. The molecule has 0 bridgehead atoms. The monoisotopic (exact) mass is 383 g/mol. The first-order chi connectivity index (χ1) is 13.3. The Morgan fingerprint density at radius 3 is 2.54 bits per heavy atom. The number of benzene rings is 2. The predicted octanol–water partition coefficient (Wildman–Crippen LogP) is 4.92. The zero-order chi connectivity index (χ0) is 20.6. The molecule has 28 heavy (non-hydrogen) atoms. The summed E-state index contributed by atoms with van der Waals surface area (Å²) in [7, 11) is 3.11. The van der Waals surface area contributed by atoms with Crippen molar-refractivity contribution in [2.24, 2.45) is 0 Å². The molecule has 0 aliphatic heterocycles. The number of phenolic OH excluding ortho intramolecular Hbond substituents is 1. The number of aromatic hydroxyl groups is 1. The van der Waals surface area contributed by atoms with Gasteiger partial charge in [0, 0.05) is 29.1 Å². The molecule has 1 aromatic heterocycles. The van der Waals surface area contributed by atoms with E-state index in [1.807, 2.05) is 13.0 Å². The van der Waals surface area contributed by atoms with Gasteiger partial charge in [-0.25, -0.2) is 0 Å². The number of aromatic amines is 1. The molecular formula is C23H29NO4. The Hall–Kier alpha value is -2.50. The van der Waals surface area contributed by atoms with E-state index in [9.17, 15) is 10.2 Å². The fourth-order valence-electron chi connectivity index (χ4n) is 3.90. The van der Waals surface area contributed by atoms with Crippen LogP contribution in [0.5, 0.6) is 11.5 Å². The third kappa shape index (κ3) is 3.36. The fourth-order valence-corrected chi connectivity index (χ4v) is 3.90. The summed E-state index contributed by atoms with van der Waals surface area (Å²) in [5.41, 5.74) is 5.65. The number of fused-ring (bicyclic) bond motifs is 3. The minimum Gasteiger partial charge on any atom is -0.504 e. The van der Waals surface area contributed by atoms with Crippen LogP contribution in [0.1, 0.15) is 43.6 Å². The van der Waals surface area contributed by atoms with Gasteiger partial charge < -0.3 is 24.7 Å². The van der Waals surface area contributed by atoms with Crippen molar-refractivity contribution in [3.05, 3.63) is 46.5 Å². The van der Waals surface area contributed by atoms with Crippen LogP contribution in [0.25, 0.3) is 21.8 Å². The minimum absolute atomic E-state index is 0.102. The fraction of sp³-hybridized carbons (Fsp3) is 0.391. The molecule has 0 aliphatic carbocycles. The summed E-state index contributed by atoms with van der Waals surface area (Å²) >= 11 is 0. The molecule has 0 radical (unpaired) electrons. The van der Waals surface area contributed by atoms with Crippen molar-refractivity contribution < 1.29 is 19.7 Å². The van der Waals surface area contributed by atoms with E-state index in [4.69, 9.17) is 9.47 Å². The number of hydrogen-bond donors (Lipinski definition) is 3. The number of aromatic nitrogens is 1. The number of H-pyrrole nitrogens is 1. The van der Waals surface area contributed by atoms with Crippen molar-refractivity contribution in [3.8, 4) is 11.5 Å². The second kappa shape index (κ2) is 7.86. The molecule has 0 unspecified atom stereocenters. The highest BCUT2D eigenvalue weighted by atomic mass is 16.5. The van der Waals surface area contributed by atoms with Gasteiger partial charge >= 0.3 is 0 Å². The summed E-state index contributed by atoms with van der Waals surface area (Å²) in [4.78, 5) is 3.42. The first-order valence-corrected chi connectivity index (χ1v) is 9.48. The second-order valence-corrected chi connectivity index (χ2v) is 7.56. The molecule has 0 aliphatic rings. The molecule has 150 valence electrons. The molecule has 3 N–H and O–H groups in total. The molecular weight excluding hydrogens is 354 g/mol. The third-order valence-electron chi connectivity index (χ3n) is 5.26. The Bertz CT molecular complexity index is 1040. The molecule has 0 spiro atoms. The van der Waals surface area contributed by atoms with Gasteiger partial charge in [-0.1, -0.05) is 17.7 Å². The Kier molecular flexibility index (Phi) is 5.68. The largest absolute Gasteiger partial charge is 0.504 e. The number of aliphatic hydroxyl groups is 1. The van der Waals surface area contributed by atoms with Crippen LogP contribution in [0.4, 0.5) is 0 Å². The van der Waals surface area contributed by atoms with E-state index in [0.717, 1.165) is 39.5 Å². The molecule has 5 heteroatoms. The lowest BCUT2D eigenvalue weighted by molar-refractivity contribution is -0.00318. The molecule has 1 heterocycles. The van der Waals surface area contributed by atoms with Crippen molar-refractivity contribution in [2.75, 3.05) is 14.2 Å². The van der Waals surface area contributed by atoms with Crippen molar-refractivity contribution in [1.82, 2.24) is 4.98 Å². The summed E-state index contributed by atoms with van der Waals surface area (Å²) in [6.07, 6.45) is 1.74. The van der Waals surface area contributed by atoms with Gasteiger partial charge in [0.05, 0.1) is 24.1 Å². The van der Waals surface area contributed by atoms with Gasteiger partial charge in [0.2, 0.25) is 0 Å². The number of phenols is 1. The summed E-state index contributed by atoms with van der Waals surface area (Å²) in [6.45, 7) is 7.72. The van der Waals surface area contributed by atoms with E-state index >= 15 is 0 Å². The highest BCUT2D eigenvalue weighted by Gasteiger charge is 2.28. The second-order valence-electron chi connectivity index (χ2n) is 7.56. The Morgan fingerprint density at radius 1 is 1.25 bits per heavy atom. The Balaban J connectivity index is 2.38. The summed E-state index contributed by atoms with van der Waals surface area (Å²) < 4.78 is 11.1. The topological polar surface area (TPSA) is 74.7 Å². The van der Waals surface area contributed by atoms with Crippen LogP contribution < -0.4 is 4.74 Å². The van der Waals surface area contributed by atoms with E-state index in [1.165, 1.54) is 12.7 Å². The highest BCUT2D eigenvalue weighted by Crippen LogP contribution is 2.46. The first kappa shape index (κ1) is 20.2. The van der Waals surface area contributed by atoms with Crippen LogP contribution in [0, 0.1) is 6.92 Å². The smallest absolute Gasteiger partial charge is 0.168 e. The van der Waals surface area contributed by atoms with Crippen LogP contribution in [0.2, 0.25) is 0 Å². The lowest BCUT2D eigenvalue weighted by Crippen LogP contribution is -2.18. The van der Waals surface area contributed by atoms with Gasteiger partial charge in [0.15, 0.2) is 11.5 Å². The minimum atomic E-state index is -0.721. The lowest BCUT2D eigenvalue weighted by Gasteiger charge is -2.23. The Labute approximate surface area is 165 Å². The van der Waals surface area contributed by atoms with Crippen LogP contribution in [-0.2, 0) is 11.2 Å². The van der Waals surface area contributed by atoms with Crippen LogP contribution in [0.3, 0.4) is 0 Å². The van der Waals surface area contributed by atoms with E-state index in [1.54, 1.807) is 14.0 Å². The average Bonchev–Trinajstić information content (AvgIpc) is 3.02. The molecule has 0 fully saturated rings. The standard InChI is InChI=1S/C23H29NO4/c1-12(2)7-8-15-9-10-17-16(11-15)19-20(24-17)18(23(28-6)14(4)25)13(3)22(27-5)21(19)26/h7,9-11,14,23-26H,8H2,1-6H3/t14-,23-/m0/s1. The molecule has 0 saturated heterocycles. The lowest BCUT2D eigenvalue weighted by atomic mass is 9.94. The molecule has 0 saturated carbocycles. The van der Waals surface area contributed by atoms with Crippen LogP contribution >= 0.6 is 0 Å².